The van der Waals surface area contributed by atoms with Gasteiger partial charge in [-0.1, -0.05) is 36.4 Å². The lowest BCUT2D eigenvalue weighted by Crippen LogP contribution is -2.17. The van der Waals surface area contributed by atoms with Crippen molar-refractivity contribution < 1.29 is 27.4 Å². The van der Waals surface area contributed by atoms with Gasteiger partial charge in [-0.2, -0.15) is 0 Å². The molecule has 8 heteroatoms. The first-order valence-electron chi connectivity index (χ1n) is 10.8. The van der Waals surface area contributed by atoms with Crippen LogP contribution < -0.4 is 14.8 Å². The lowest BCUT2D eigenvalue weighted by molar-refractivity contribution is -0.274. The highest BCUT2D eigenvalue weighted by atomic mass is 19.4. The first kappa shape index (κ1) is 23.8. The Hall–Kier alpha value is -4.33. The Kier molecular flexibility index (Phi) is 7.30. The van der Waals surface area contributed by atoms with E-state index in [0.29, 0.717) is 41.2 Å². The third kappa shape index (κ3) is 6.83. The Morgan fingerprint density at radius 1 is 0.829 bits per heavy atom. The number of pyridine rings is 1. The topological polar surface area (TPSA) is 60.5 Å². The number of anilines is 1. The fourth-order valence-corrected chi connectivity index (χ4v) is 3.42. The zero-order chi connectivity index (χ0) is 24.7. The van der Waals surface area contributed by atoms with Gasteiger partial charge in [0, 0.05) is 29.6 Å². The van der Waals surface area contributed by atoms with Gasteiger partial charge < -0.3 is 14.8 Å². The molecule has 5 nitrogen and oxygen atoms in total. The average Bonchev–Trinajstić information content (AvgIpc) is 2.85. The fourth-order valence-electron chi connectivity index (χ4n) is 3.42. The van der Waals surface area contributed by atoms with E-state index in [4.69, 9.17) is 4.74 Å². The zero-order valence-corrected chi connectivity index (χ0v) is 18.5. The van der Waals surface area contributed by atoms with Gasteiger partial charge in [-0.3, -0.25) is 9.78 Å². The first-order chi connectivity index (χ1) is 16.9. The van der Waals surface area contributed by atoms with Crippen molar-refractivity contribution in [3.8, 4) is 22.6 Å². The van der Waals surface area contributed by atoms with Crippen molar-refractivity contribution in [1.82, 2.24) is 4.98 Å². The molecule has 178 valence electrons. The molecule has 0 aliphatic carbocycles. The second kappa shape index (κ2) is 10.7. The molecular formula is C27H21F3N2O3. The molecule has 4 aromatic rings. The van der Waals surface area contributed by atoms with Crippen LogP contribution in [0.3, 0.4) is 0 Å². The van der Waals surface area contributed by atoms with Crippen LogP contribution in [-0.4, -0.2) is 23.9 Å². The Morgan fingerprint density at radius 2 is 1.51 bits per heavy atom. The molecule has 0 spiro atoms. The van der Waals surface area contributed by atoms with Crippen LogP contribution in [0.2, 0.25) is 0 Å². The van der Waals surface area contributed by atoms with Crippen LogP contribution in [0.5, 0.6) is 11.5 Å². The van der Waals surface area contributed by atoms with E-state index in [1.807, 2.05) is 18.2 Å². The number of nitrogens with zero attached hydrogens (tertiary/aromatic N) is 1. The highest BCUT2D eigenvalue weighted by Crippen LogP contribution is 2.29. The molecule has 0 aliphatic rings. The van der Waals surface area contributed by atoms with Gasteiger partial charge in [-0.05, 0) is 65.7 Å². The van der Waals surface area contributed by atoms with E-state index in [0.717, 1.165) is 5.69 Å². The number of rotatable bonds is 8. The van der Waals surface area contributed by atoms with Crippen molar-refractivity contribution in [3.05, 3.63) is 108 Å². The van der Waals surface area contributed by atoms with E-state index in [-0.39, 0.29) is 11.7 Å². The summed E-state index contributed by atoms with van der Waals surface area (Å²) in [6, 6.07) is 25.0. The minimum atomic E-state index is -4.76. The zero-order valence-electron chi connectivity index (χ0n) is 18.5. The lowest BCUT2D eigenvalue weighted by Gasteiger charge is -2.12. The number of ether oxygens (including phenoxy) is 2. The number of benzene rings is 3. The third-order valence-corrected chi connectivity index (χ3v) is 5.04. The summed E-state index contributed by atoms with van der Waals surface area (Å²) in [5, 5.41) is 2.84. The predicted molar refractivity (Wildman–Crippen MR) is 126 cm³/mol. The molecule has 4 rings (SSSR count). The highest BCUT2D eigenvalue weighted by molar-refractivity contribution is 6.08. The standard InChI is InChI=1S/C27H21F3N2O3/c28-27(29,30)35-23-12-8-19(9-13-23)24-6-1-2-7-25(24)26(33)32-21-10-14-22(15-11-21)34-18-16-20-5-3-4-17-31-20/h1-15,17H,16,18H2,(H,32,33). The summed E-state index contributed by atoms with van der Waals surface area (Å²) in [7, 11) is 0. The van der Waals surface area contributed by atoms with Gasteiger partial charge in [-0.25, -0.2) is 0 Å². The summed E-state index contributed by atoms with van der Waals surface area (Å²) in [4.78, 5) is 17.2. The van der Waals surface area contributed by atoms with Crippen molar-refractivity contribution in [2.75, 3.05) is 11.9 Å². The van der Waals surface area contributed by atoms with E-state index in [1.54, 1.807) is 54.7 Å². The number of nitrogens with one attached hydrogen (secondary N) is 1. The number of amides is 1. The van der Waals surface area contributed by atoms with Crippen LogP contribution in [0.25, 0.3) is 11.1 Å². The van der Waals surface area contributed by atoms with Crippen molar-refractivity contribution in [2.45, 2.75) is 12.8 Å². The summed E-state index contributed by atoms with van der Waals surface area (Å²) in [6.45, 7) is 0.475. The van der Waals surface area contributed by atoms with Crippen molar-refractivity contribution in [1.29, 1.82) is 0 Å². The van der Waals surface area contributed by atoms with E-state index >= 15 is 0 Å². The van der Waals surface area contributed by atoms with Gasteiger partial charge in [0.1, 0.15) is 11.5 Å². The SMILES string of the molecule is O=C(Nc1ccc(OCCc2ccccn2)cc1)c1ccccc1-c1ccc(OC(F)(F)F)cc1. The number of carbonyl (C=O) groups excluding carboxylic acids is 1. The third-order valence-electron chi connectivity index (χ3n) is 5.04. The molecule has 0 aliphatic heterocycles. The van der Waals surface area contributed by atoms with Crippen LogP contribution in [0.4, 0.5) is 18.9 Å². The van der Waals surface area contributed by atoms with Gasteiger partial charge in [-0.15, -0.1) is 13.2 Å². The maximum Gasteiger partial charge on any atom is 0.573 e. The molecule has 1 aromatic heterocycles. The van der Waals surface area contributed by atoms with Gasteiger partial charge >= 0.3 is 6.36 Å². The molecule has 0 atom stereocenters. The summed E-state index contributed by atoms with van der Waals surface area (Å²) in [6.07, 6.45) is -2.35. The smallest absolute Gasteiger partial charge is 0.493 e. The molecule has 35 heavy (non-hydrogen) atoms. The summed E-state index contributed by atoms with van der Waals surface area (Å²) in [5.74, 6) is -0.00828. The number of aromatic nitrogens is 1. The van der Waals surface area contributed by atoms with Gasteiger partial charge in [0.25, 0.3) is 5.91 Å². The van der Waals surface area contributed by atoms with E-state index < -0.39 is 6.36 Å². The van der Waals surface area contributed by atoms with Crippen LogP contribution >= 0.6 is 0 Å². The molecule has 1 amide bonds. The second-order valence-electron chi connectivity index (χ2n) is 7.52. The molecule has 0 unspecified atom stereocenters. The maximum absolute atomic E-state index is 13.0. The number of alkyl halides is 3. The number of halogens is 3. The minimum Gasteiger partial charge on any atom is -0.493 e. The number of hydrogen-bond acceptors (Lipinski definition) is 4. The quantitative estimate of drug-likeness (QED) is 0.313. The number of hydrogen-bond donors (Lipinski definition) is 1. The Labute approximate surface area is 200 Å². The molecule has 0 radical (unpaired) electrons. The molecule has 1 N–H and O–H groups in total. The van der Waals surface area contributed by atoms with Gasteiger partial charge in [0.15, 0.2) is 0 Å². The van der Waals surface area contributed by atoms with Crippen LogP contribution in [0.1, 0.15) is 16.1 Å². The molecule has 0 bridgehead atoms. The van der Waals surface area contributed by atoms with Crippen molar-refractivity contribution in [3.63, 3.8) is 0 Å². The Morgan fingerprint density at radius 3 is 2.20 bits per heavy atom. The molecule has 3 aromatic carbocycles. The van der Waals surface area contributed by atoms with Gasteiger partial charge in [0.05, 0.1) is 6.61 Å². The van der Waals surface area contributed by atoms with Crippen molar-refractivity contribution >= 4 is 11.6 Å². The Bertz CT molecular complexity index is 1260. The van der Waals surface area contributed by atoms with Crippen LogP contribution in [0, 0.1) is 0 Å². The monoisotopic (exact) mass is 478 g/mol. The van der Waals surface area contributed by atoms with E-state index in [1.165, 1.54) is 24.3 Å². The average molecular weight is 478 g/mol. The largest absolute Gasteiger partial charge is 0.573 e. The maximum atomic E-state index is 13.0. The fraction of sp³-hybridized carbons (Fsp3) is 0.111. The molecule has 0 saturated carbocycles. The number of carbonyl (C=O) groups is 1. The van der Waals surface area contributed by atoms with Crippen LogP contribution in [-0.2, 0) is 6.42 Å². The Balaban J connectivity index is 1.39. The van der Waals surface area contributed by atoms with Gasteiger partial charge in [0.2, 0.25) is 0 Å². The molecule has 0 saturated heterocycles. The lowest BCUT2D eigenvalue weighted by atomic mass is 9.99. The summed E-state index contributed by atoms with van der Waals surface area (Å²) < 4.78 is 46.9. The summed E-state index contributed by atoms with van der Waals surface area (Å²) >= 11 is 0. The van der Waals surface area contributed by atoms with Crippen molar-refractivity contribution in [2.24, 2.45) is 0 Å². The minimum absolute atomic E-state index is 0.328. The van der Waals surface area contributed by atoms with Crippen LogP contribution in [0.15, 0.2) is 97.2 Å². The highest BCUT2D eigenvalue weighted by Gasteiger charge is 2.31. The normalized spacial score (nSPS) is 11.1. The van der Waals surface area contributed by atoms with E-state index in [2.05, 4.69) is 15.0 Å². The predicted octanol–water partition coefficient (Wildman–Crippen LogP) is 6.52. The molecular weight excluding hydrogens is 457 g/mol. The first-order valence-corrected chi connectivity index (χ1v) is 10.8. The summed E-state index contributed by atoms with van der Waals surface area (Å²) in [5.41, 5.74) is 3.07. The molecule has 1 heterocycles. The second-order valence-corrected chi connectivity index (χ2v) is 7.52. The molecule has 0 fully saturated rings. The van der Waals surface area contributed by atoms with E-state index in [9.17, 15) is 18.0 Å².